The fraction of sp³-hybridized carbons (Fsp3) is 0.831. The number of rotatable bonds is 52. The van der Waals surface area contributed by atoms with E-state index in [0.29, 0.717) is 19.4 Å². The molecule has 0 unspecified atom stereocenters. The summed E-state index contributed by atoms with van der Waals surface area (Å²) in [5.41, 5.74) is 0. The topological polar surface area (TPSA) is 61.8 Å². The lowest BCUT2D eigenvalue weighted by atomic mass is 10.0. The van der Waals surface area contributed by atoms with E-state index in [1.165, 1.54) is 193 Å². The molecule has 0 aliphatic carbocycles. The molecule has 1 atom stereocenters. The molecule has 0 aliphatic heterocycles. The molecule has 0 radical (unpaired) electrons. The first kappa shape index (κ1) is 61.9. The highest BCUT2D eigenvalue weighted by Crippen LogP contribution is 2.15. The van der Waals surface area contributed by atoms with Gasteiger partial charge in [-0.15, -0.1) is 0 Å². The molecule has 0 spiro atoms. The second-order valence-corrected chi connectivity index (χ2v) is 18.8. The van der Waals surface area contributed by atoms with Crippen LogP contribution in [0, 0.1) is 0 Å². The summed E-state index contributed by atoms with van der Waals surface area (Å²) < 4.78 is 17.4. The Morgan fingerprint density at radius 1 is 0.344 bits per heavy atom. The summed E-state index contributed by atoms with van der Waals surface area (Å²) in [6.45, 7) is 7.80. The van der Waals surface area contributed by atoms with Crippen LogP contribution in [0.3, 0.4) is 0 Å². The van der Waals surface area contributed by atoms with Crippen LogP contribution < -0.4 is 0 Å². The van der Waals surface area contributed by atoms with Crippen molar-refractivity contribution >= 4 is 11.9 Å². The van der Waals surface area contributed by atoms with Crippen molar-refractivity contribution in [1.82, 2.24) is 0 Å². The zero-order valence-corrected chi connectivity index (χ0v) is 43.1. The van der Waals surface area contributed by atoms with E-state index in [0.717, 1.165) is 64.2 Å². The lowest BCUT2D eigenvalue weighted by molar-refractivity contribution is -0.162. The van der Waals surface area contributed by atoms with Gasteiger partial charge in [0.1, 0.15) is 6.61 Å². The maximum absolute atomic E-state index is 12.8. The Morgan fingerprint density at radius 3 is 1.11 bits per heavy atom. The van der Waals surface area contributed by atoms with Crippen molar-refractivity contribution in [3.05, 3.63) is 48.6 Å². The standard InChI is InChI=1S/C59H108O5/c1-4-7-10-13-16-19-22-25-28-30-32-35-38-41-44-47-50-53-59(61)64-57(55-62-54-51-48-45-42-39-36-33-29-26-23-20-17-14-11-8-5-2)56-63-58(60)52-49-46-43-40-37-34-31-27-24-21-18-15-12-9-6-3/h25,27-28,31-32,35,41,44,57H,4-24,26,29-30,33-34,36-40,42-43,45-56H2,1-3H3/b28-25-,31-27-,35-32-,44-41-/t57-/m1/s1. The van der Waals surface area contributed by atoms with Crippen molar-refractivity contribution in [1.29, 1.82) is 0 Å². The lowest BCUT2D eigenvalue weighted by Crippen LogP contribution is -2.30. The first-order valence-corrected chi connectivity index (χ1v) is 28.2. The first-order chi connectivity index (χ1) is 31.6. The van der Waals surface area contributed by atoms with Crippen molar-refractivity contribution in [2.45, 2.75) is 297 Å². The highest BCUT2D eigenvalue weighted by Gasteiger charge is 2.17. The van der Waals surface area contributed by atoms with E-state index in [4.69, 9.17) is 14.2 Å². The van der Waals surface area contributed by atoms with Crippen LogP contribution >= 0.6 is 0 Å². The van der Waals surface area contributed by atoms with Crippen LogP contribution in [-0.2, 0) is 23.8 Å². The fourth-order valence-corrected chi connectivity index (χ4v) is 8.11. The number of allylic oxidation sites excluding steroid dienone is 8. The van der Waals surface area contributed by atoms with Gasteiger partial charge in [-0.1, -0.05) is 249 Å². The van der Waals surface area contributed by atoms with Crippen LogP contribution in [0.25, 0.3) is 0 Å². The van der Waals surface area contributed by atoms with E-state index in [2.05, 4.69) is 69.4 Å². The van der Waals surface area contributed by atoms with Gasteiger partial charge in [0, 0.05) is 19.4 Å². The SMILES string of the molecule is CCCCCCCC/C=C\C/C=C\C/C=C\CCCC(=O)O[C@H](COCCCCCCCCCCCCCCCCCC)COC(=O)CCCCCCC/C=C\CCCCCCCC. The summed E-state index contributed by atoms with van der Waals surface area (Å²) in [6.07, 6.45) is 68.5. The van der Waals surface area contributed by atoms with Crippen molar-refractivity contribution in [2.75, 3.05) is 19.8 Å². The Kier molecular flexibility index (Phi) is 53.3. The maximum Gasteiger partial charge on any atom is 0.306 e. The van der Waals surface area contributed by atoms with Gasteiger partial charge in [0.2, 0.25) is 0 Å². The fourth-order valence-electron chi connectivity index (χ4n) is 8.11. The van der Waals surface area contributed by atoms with Crippen molar-refractivity contribution in [2.24, 2.45) is 0 Å². The van der Waals surface area contributed by atoms with E-state index < -0.39 is 6.10 Å². The summed E-state index contributed by atoms with van der Waals surface area (Å²) >= 11 is 0. The number of hydrogen-bond donors (Lipinski definition) is 0. The molecule has 0 bridgehead atoms. The zero-order chi connectivity index (χ0) is 46.3. The Bertz CT molecular complexity index is 1060. The molecule has 374 valence electrons. The van der Waals surface area contributed by atoms with E-state index >= 15 is 0 Å². The Labute approximate surface area is 399 Å². The number of carbonyl (C=O) groups is 2. The molecule has 0 aliphatic rings. The summed E-state index contributed by atoms with van der Waals surface area (Å²) in [6, 6.07) is 0. The zero-order valence-electron chi connectivity index (χ0n) is 43.1. The van der Waals surface area contributed by atoms with Crippen LogP contribution in [0.15, 0.2) is 48.6 Å². The van der Waals surface area contributed by atoms with Gasteiger partial charge < -0.3 is 14.2 Å². The van der Waals surface area contributed by atoms with E-state index in [9.17, 15) is 9.59 Å². The molecule has 0 aromatic heterocycles. The summed E-state index contributed by atoms with van der Waals surface area (Å²) in [5, 5.41) is 0. The molecule has 0 saturated heterocycles. The number of esters is 2. The number of unbranched alkanes of at least 4 members (excludes halogenated alkanes) is 33. The quantitative estimate of drug-likeness (QED) is 0.0346. The first-order valence-electron chi connectivity index (χ1n) is 28.2. The van der Waals surface area contributed by atoms with E-state index in [1.807, 2.05) is 0 Å². The van der Waals surface area contributed by atoms with Crippen molar-refractivity contribution < 1.29 is 23.8 Å². The molecule has 0 rings (SSSR count). The summed E-state index contributed by atoms with van der Waals surface area (Å²) in [5.74, 6) is -0.454. The van der Waals surface area contributed by atoms with Crippen LogP contribution in [0.5, 0.6) is 0 Å². The molecule has 0 fully saturated rings. The van der Waals surface area contributed by atoms with Gasteiger partial charge >= 0.3 is 11.9 Å². The van der Waals surface area contributed by atoms with Gasteiger partial charge in [0.05, 0.1) is 6.61 Å². The summed E-state index contributed by atoms with van der Waals surface area (Å²) in [7, 11) is 0. The van der Waals surface area contributed by atoms with Crippen LogP contribution in [0.2, 0.25) is 0 Å². The third-order valence-corrected chi connectivity index (χ3v) is 12.3. The van der Waals surface area contributed by atoms with Gasteiger partial charge in [0.25, 0.3) is 0 Å². The lowest BCUT2D eigenvalue weighted by Gasteiger charge is -2.18. The normalized spacial score (nSPS) is 12.5. The van der Waals surface area contributed by atoms with E-state index in [-0.39, 0.29) is 25.2 Å². The predicted octanol–water partition coefficient (Wildman–Crippen LogP) is 19.1. The minimum atomic E-state index is -0.563. The smallest absolute Gasteiger partial charge is 0.306 e. The third-order valence-electron chi connectivity index (χ3n) is 12.3. The molecule has 0 heterocycles. The Balaban J connectivity index is 4.33. The van der Waals surface area contributed by atoms with Gasteiger partial charge in [-0.05, 0) is 77.0 Å². The van der Waals surface area contributed by atoms with Crippen LogP contribution in [0.4, 0.5) is 0 Å². The average molecular weight is 898 g/mol. The molecule has 0 aromatic rings. The minimum Gasteiger partial charge on any atom is -0.462 e. The largest absolute Gasteiger partial charge is 0.462 e. The Morgan fingerprint density at radius 2 is 0.672 bits per heavy atom. The number of ether oxygens (including phenoxy) is 3. The molecule has 0 N–H and O–H groups in total. The highest BCUT2D eigenvalue weighted by molar-refractivity contribution is 5.70. The third kappa shape index (κ3) is 52.5. The highest BCUT2D eigenvalue weighted by atomic mass is 16.6. The van der Waals surface area contributed by atoms with E-state index in [1.54, 1.807) is 0 Å². The Hall–Kier alpha value is -2.14. The minimum absolute atomic E-state index is 0.0646. The molecule has 0 aromatic carbocycles. The second kappa shape index (κ2) is 55.2. The number of hydrogen-bond acceptors (Lipinski definition) is 5. The monoisotopic (exact) mass is 897 g/mol. The predicted molar refractivity (Wildman–Crippen MR) is 279 cm³/mol. The van der Waals surface area contributed by atoms with Crippen LogP contribution in [0.1, 0.15) is 290 Å². The number of carbonyl (C=O) groups excluding carboxylic acids is 2. The molecular formula is C59H108O5. The molecule has 5 heteroatoms. The molecular weight excluding hydrogens is 789 g/mol. The van der Waals surface area contributed by atoms with Crippen molar-refractivity contribution in [3.8, 4) is 0 Å². The molecule has 0 amide bonds. The van der Waals surface area contributed by atoms with Gasteiger partial charge in [0.15, 0.2) is 6.10 Å². The maximum atomic E-state index is 12.8. The molecule has 0 saturated carbocycles. The molecule has 5 nitrogen and oxygen atoms in total. The van der Waals surface area contributed by atoms with Gasteiger partial charge in [-0.3, -0.25) is 9.59 Å². The van der Waals surface area contributed by atoms with Crippen molar-refractivity contribution in [3.63, 3.8) is 0 Å². The second-order valence-electron chi connectivity index (χ2n) is 18.8. The summed E-state index contributed by atoms with van der Waals surface area (Å²) in [4.78, 5) is 25.4. The van der Waals surface area contributed by atoms with Gasteiger partial charge in [-0.25, -0.2) is 0 Å². The van der Waals surface area contributed by atoms with Gasteiger partial charge in [-0.2, -0.15) is 0 Å². The van der Waals surface area contributed by atoms with Crippen LogP contribution in [-0.4, -0.2) is 37.9 Å². The molecule has 64 heavy (non-hydrogen) atoms. The average Bonchev–Trinajstić information content (AvgIpc) is 3.30.